The maximum atomic E-state index is 8.29. The highest BCUT2D eigenvalue weighted by atomic mass is 79.9. The molecule has 0 bridgehead atoms. The van der Waals surface area contributed by atoms with E-state index in [9.17, 15) is 0 Å². The van der Waals surface area contributed by atoms with Gasteiger partial charge in [-0.2, -0.15) is 5.26 Å². The van der Waals surface area contributed by atoms with Crippen LogP contribution in [-0.2, 0) is 11.9 Å². The van der Waals surface area contributed by atoms with Crippen molar-refractivity contribution >= 4 is 15.9 Å². The van der Waals surface area contributed by atoms with Crippen LogP contribution in [0.25, 0.3) is 0 Å². The monoisotopic (exact) mass is 215 g/mol. The summed E-state index contributed by atoms with van der Waals surface area (Å²) in [5.74, 6) is 0.750. The van der Waals surface area contributed by atoms with Crippen LogP contribution >= 0.6 is 15.9 Å². The highest BCUT2D eigenvalue weighted by Crippen LogP contribution is 1.99. The van der Waals surface area contributed by atoms with Gasteiger partial charge in [0.15, 0.2) is 5.82 Å². The molecule has 0 amide bonds. The molecule has 6 heteroatoms. The zero-order chi connectivity index (χ0) is 8.10. The standard InChI is InChI=1S/C5H6BrN5/c6-4-5-8-9-10-11(5)3-1-2-7/h1,3-4H2. The zero-order valence-corrected chi connectivity index (χ0v) is 7.32. The second kappa shape index (κ2) is 4.03. The largest absolute Gasteiger partial charge is 0.228 e. The van der Waals surface area contributed by atoms with Crippen LogP contribution in [0, 0.1) is 11.3 Å². The van der Waals surface area contributed by atoms with Crippen molar-refractivity contribution in [2.45, 2.75) is 18.3 Å². The molecule has 0 saturated carbocycles. The van der Waals surface area contributed by atoms with Crippen molar-refractivity contribution in [1.82, 2.24) is 20.2 Å². The Balaban J connectivity index is 2.62. The molecule has 0 aliphatic rings. The van der Waals surface area contributed by atoms with Crippen LogP contribution in [0.4, 0.5) is 0 Å². The van der Waals surface area contributed by atoms with Gasteiger partial charge in [-0.05, 0) is 10.4 Å². The molecule has 5 nitrogen and oxygen atoms in total. The third-order valence-electron chi connectivity index (χ3n) is 1.16. The van der Waals surface area contributed by atoms with E-state index in [2.05, 4.69) is 31.5 Å². The smallest absolute Gasteiger partial charge is 0.161 e. The van der Waals surface area contributed by atoms with Crippen LogP contribution in [0.2, 0.25) is 0 Å². The van der Waals surface area contributed by atoms with Crippen molar-refractivity contribution in [2.24, 2.45) is 0 Å². The molecule has 11 heavy (non-hydrogen) atoms. The Hall–Kier alpha value is -0.960. The molecular formula is C5H6BrN5. The number of alkyl halides is 1. The lowest BCUT2D eigenvalue weighted by Crippen LogP contribution is -2.03. The summed E-state index contributed by atoms with van der Waals surface area (Å²) in [5.41, 5.74) is 0. The zero-order valence-electron chi connectivity index (χ0n) is 5.74. The Morgan fingerprint density at radius 2 is 2.45 bits per heavy atom. The summed E-state index contributed by atoms with van der Waals surface area (Å²) in [6, 6.07) is 2.03. The lowest BCUT2D eigenvalue weighted by atomic mass is 10.5. The number of hydrogen-bond donors (Lipinski definition) is 0. The van der Waals surface area contributed by atoms with Gasteiger partial charge in [0.05, 0.1) is 24.4 Å². The summed E-state index contributed by atoms with van der Waals surface area (Å²) in [6.45, 7) is 0.560. The maximum Gasteiger partial charge on any atom is 0.161 e. The maximum absolute atomic E-state index is 8.29. The minimum atomic E-state index is 0.436. The molecule has 0 aromatic carbocycles. The molecule has 0 aliphatic heterocycles. The van der Waals surface area contributed by atoms with Gasteiger partial charge in [-0.1, -0.05) is 15.9 Å². The van der Waals surface area contributed by atoms with Gasteiger partial charge >= 0.3 is 0 Å². The van der Waals surface area contributed by atoms with Gasteiger partial charge in [0.2, 0.25) is 0 Å². The summed E-state index contributed by atoms with van der Waals surface area (Å²) < 4.78 is 1.61. The van der Waals surface area contributed by atoms with E-state index in [1.54, 1.807) is 4.68 Å². The summed E-state index contributed by atoms with van der Waals surface area (Å²) >= 11 is 3.23. The second-order valence-electron chi connectivity index (χ2n) is 1.86. The molecule has 1 rings (SSSR count). The first-order valence-corrected chi connectivity index (χ1v) is 4.18. The fraction of sp³-hybridized carbons (Fsp3) is 0.600. The molecule has 0 unspecified atom stereocenters. The number of aryl methyl sites for hydroxylation is 1. The van der Waals surface area contributed by atoms with Gasteiger partial charge < -0.3 is 0 Å². The van der Waals surface area contributed by atoms with E-state index >= 15 is 0 Å². The Bertz CT molecular complexity index is 262. The lowest BCUT2D eigenvalue weighted by Gasteiger charge is -1.95. The molecule has 0 N–H and O–H groups in total. The first-order chi connectivity index (χ1) is 5.38. The molecule has 1 aromatic heterocycles. The normalized spacial score (nSPS) is 9.45. The van der Waals surface area contributed by atoms with Crippen molar-refractivity contribution in [3.8, 4) is 6.07 Å². The van der Waals surface area contributed by atoms with Gasteiger partial charge in [0.1, 0.15) is 0 Å². The van der Waals surface area contributed by atoms with Crippen LogP contribution in [-0.4, -0.2) is 20.2 Å². The Labute approximate surface area is 72.1 Å². The number of halogens is 1. The van der Waals surface area contributed by atoms with E-state index in [0.717, 1.165) is 5.82 Å². The quantitative estimate of drug-likeness (QED) is 0.689. The molecular weight excluding hydrogens is 210 g/mol. The minimum absolute atomic E-state index is 0.436. The predicted molar refractivity (Wildman–Crippen MR) is 40.7 cm³/mol. The van der Waals surface area contributed by atoms with Crippen molar-refractivity contribution in [3.05, 3.63) is 5.82 Å². The summed E-state index contributed by atoms with van der Waals surface area (Å²) in [7, 11) is 0. The van der Waals surface area contributed by atoms with Crippen LogP contribution in [0.5, 0.6) is 0 Å². The SMILES string of the molecule is N#CCCn1nnnc1CBr. The number of rotatable bonds is 3. The van der Waals surface area contributed by atoms with Crippen LogP contribution in [0.15, 0.2) is 0 Å². The molecule has 0 fully saturated rings. The Morgan fingerprint density at radius 3 is 3.09 bits per heavy atom. The Kier molecular flexibility index (Phi) is 2.98. The molecule has 0 spiro atoms. The molecule has 0 saturated heterocycles. The molecule has 58 valence electrons. The van der Waals surface area contributed by atoms with Crippen molar-refractivity contribution in [2.75, 3.05) is 0 Å². The van der Waals surface area contributed by atoms with Gasteiger partial charge in [0.25, 0.3) is 0 Å². The van der Waals surface area contributed by atoms with Gasteiger partial charge in [-0.15, -0.1) is 5.10 Å². The highest BCUT2D eigenvalue weighted by molar-refractivity contribution is 9.08. The van der Waals surface area contributed by atoms with Crippen LogP contribution in [0.3, 0.4) is 0 Å². The van der Waals surface area contributed by atoms with E-state index in [0.29, 0.717) is 18.3 Å². The topological polar surface area (TPSA) is 67.4 Å². The summed E-state index contributed by atoms with van der Waals surface area (Å²) in [6.07, 6.45) is 0.436. The number of tetrazole rings is 1. The van der Waals surface area contributed by atoms with Gasteiger partial charge in [-0.3, -0.25) is 0 Å². The first-order valence-electron chi connectivity index (χ1n) is 3.06. The Morgan fingerprint density at radius 1 is 1.64 bits per heavy atom. The fourth-order valence-corrected chi connectivity index (χ4v) is 1.05. The predicted octanol–water partition coefficient (Wildman–Crippen LogP) is 0.482. The molecule has 1 aromatic rings. The second-order valence-corrected chi connectivity index (χ2v) is 2.42. The van der Waals surface area contributed by atoms with Crippen molar-refractivity contribution in [3.63, 3.8) is 0 Å². The van der Waals surface area contributed by atoms with Gasteiger partial charge in [-0.25, -0.2) is 4.68 Å². The van der Waals surface area contributed by atoms with E-state index < -0.39 is 0 Å². The highest BCUT2D eigenvalue weighted by Gasteiger charge is 2.01. The average molecular weight is 216 g/mol. The van der Waals surface area contributed by atoms with E-state index in [-0.39, 0.29) is 0 Å². The number of nitrogens with zero attached hydrogens (tertiary/aromatic N) is 5. The summed E-state index contributed by atoms with van der Waals surface area (Å²) in [4.78, 5) is 0. The van der Waals surface area contributed by atoms with E-state index in [1.807, 2.05) is 6.07 Å². The van der Waals surface area contributed by atoms with Crippen LogP contribution < -0.4 is 0 Å². The molecule has 0 radical (unpaired) electrons. The number of nitriles is 1. The van der Waals surface area contributed by atoms with Crippen molar-refractivity contribution < 1.29 is 0 Å². The summed E-state index contributed by atoms with van der Waals surface area (Å²) in [5, 5.41) is 19.8. The molecule has 0 aliphatic carbocycles. The van der Waals surface area contributed by atoms with Crippen molar-refractivity contribution in [1.29, 1.82) is 5.26 Å². The fourth-order valence-electron chi connectivity index (χ4n) is 0.649. The van der Waals surface area contributed by atoms with E-state index in [1.165, 1.54) is 0 Å². The third-order valence-corrected chi connectivity index (χ3v) is 1.66. The lowest BCUT2D eigenvalue weighted by molar-refractivity contribution is 0.584. The number of aromatic nitrogens is 4. The van der Waals surface area contributed by atoms with E-state index in [4.69, 9.17) is 5.26 Å². The minimum Gasteiger partial charge on any atom is -0.228 e. The first kappa shape index (κ1) is 8.14. The number of hydrogen-bond acceptors (Lipinski definition) is 4. The average Bonchev–Trinajstić information content (AvgIpc) is 2.47. The van der Waals surface area contributed by atoms with Crippen LogP contribution in [0.1, 0.15) is 12.2 Å². The molecule has 0 atom stereocenters. The third kappa shape index (κ3) is 1.98. The van der Waals surface area contributed by atoms with Gasteiger partial charge in [0, 0.05) is 0 Å². The molecule has 1 heterocycles.